The lowest BCUT2D eigenvalue weighted by atomic mass is 10.2. The number of rotatable bonds is 4. The minimum absolute atomic E-state index is 0.0477. The zero-order valence-corrected chi connectivity index (χ0v) is 9.91. The Hall–Kier alpha value is -2.11. The summed E-state index contributed by atoms with van der Waals surface area (Å²) >= 11 is 0. The normalized spacial score (nSPS) is 9.76. The zero-order chi connectivity index (χ0) is 12.8. The van der Waals surface area contributed by atoms with E-state index in [0.717, 1.165) is 0 Å². The monoisotopic (exact) mass is 236 g/mol. The highest BCUT2D eigenvalue weighted by Crippen LogP contribution is 2.06. The summed E-state index contributed by atoms with van der Waals surface area (Å²) in [6.07, 6.45) is 0. The molecule has 0 spiro atoms. The number of aromatic nitrogens is 1. The summed E-state index contributed by atoms with van der Waals surface area (Å²) in [4.78, 5) is 26.8. The molecule has 0 aromatic carbocycles. The summed E-state index contributed by atoms with van der Waals surface area (Å²) < 4.78 is 0. The molecule has 0 fully saturated rings. The first kappa shape index (κ1) is 13.0. The average molecular weight is 236 g/mol. The van der Waals surface area contributed by atoms with Gasteiger partial charge in [-0.3, -0.25) is 9.59 Å². The standard InChI is InChI=1S/C11H16N4O2/c1-3-13-10(16)6-14-11(17)8-4-7(2)15-9(12)5-8/h4-5H,3,6H2,1-2H3,(H2,12,15)(H,13,16)(H,14,17). The van der Waals surface area contributed by atoms with Crippen LogP contribution in [0.25, 0.3) is 0 Å². The van der Waals surface area contributed by atoms with Crippen molar-refractivity contribution in [1.82, 2.24) is 15.6 Å². The summed E-state index contributed by atoms with van der Waals surface area (Å²) in [7, 11) is 0. The Bertz CT molecular complexity index is 411. The second kappa shape index (κ2) is 5.83. The second-order valence-electron chi connectivity index (χ2n) is 3.56. The van der Waals surface area contributed by atoms with Crippen molar-refractivity contribution in [2.75, 3.05) is 18.8 Å². The van der Waals surface area contributed by atoms with Crippen LogP contribution in [0.3, 0.4) is 0 Å². The van der Waals surface area contributed by atoms with Gasteiger partial charge >= 0.3 is 0 Å². The molecule has 0 aliphatic rings. The van der Waals surface area contributed by atoms with Gasteiger partial charge in [0, 0.05) is 17.8 Å². The molecule has 0 bridgehead atoms. The molecule has 0 aliphatic carbocycles. The van der Waals surface area contributed by atoms with Crippen LogP contribution in [-0.2, 0) is 4.79 Å². The zero-order valence-electron chi connectivity index (χ0n) is 9.91. The molecular formula is C11H16N4O2. The third-order valence-corrected chi connectivity index (χ3v) is 2.02. The van der Waals surface area contributed by atoms with Crippen LogP contribution < -0.4 is 16.4 Å². The third kappa shape index (κ3) is 4.10. The van der Waals surface area contributed by atoms with E-state index < -0.39 is 0 Å². The lowest BCUT2D eigenvalue weighted by molar-refractivity contribution is -0.120. The summed E-state index contributed by atoms with van der Waals surface area (Å²) in [6.45, 7) is 4.05. The van der Waals surface area contributed by atoms with Gasteiger partial charge in [-0.25, -0.2) is 4.98 Å². The quantitative estimate of drug-likeness (QED) is 0.676. The molecule has 0 atom stereocenters. The smallest absolute Gasteiger partial charge is 0.251 e. The molecule has 0 unspecified atom stereocenters. The van der Waals surface area contributed by atoms with Crippen molar-refractivity contribution in [3.05, 3.63) is 23.4 Å². The number of nitrogens with two attached hydrogens (primary N) is 1. The molecule has 17 heavy (non-hydrogen) atoms. The molecule has 0 radical (unpaired) electrons. The lowest BCUT2D eigenvalue weighted by Crippen LogP contribution is -2.36. The average Bonchev–Trinajstić information content (AvgIpc) is 2.25. The van der Waals surface area contributed by atoms with Crippen molar-refractivity contribution >= 4 is 17.6 Å². The molecule has 0 saturated heterocycles. The van der Waals surface area contributed by atoms with Gasteiger partial charge in [0.1, 0.15) is 5.82 Å². The minimum Gasteiger partial charge on any atom is -0.384 e. The fraction of sp³-hybridized carbons (Fsp3) is 0.364. The molecule has 6 nitrogen and oxygen atoms in total. The van der Waals surface area contributed by atoms with E-state index in [-0.39, 0.29) is 24.2 Å². The molecule has 1 rings (SSSR count). The van der Waals surface area contributed by atoms with Crippen molar-refractivity contribution < 1.29 is 9.59 Å². The Morgan fingerprint density at radius 3 is 2.65 bits per heavy atom. The van der Waals surface area contributed by atoms with Crippen LogP contribution in [0.2, 0.25) is 0 Å². The van der Waals surface area contributed by atoms with Gasteiger partial charge in [0.25, 0.3) is 5.91 Å². The fourth-order valence-corrected chi connectivity index (χ4v) is 1.35. The van der Waals surface area contributed by atoms with Crippen LogP contribution in [0.15, 0.2) is 12.1 Å². The van der Waals surface area contributed by atoms with Crippen molar-refractivity contribution in [2.24, 2.45) is 0 Å². The summed E-state index contributed by atoms with van der Waals surface area (Å²) in [5.41, 5.74) is 6.59. The third-order valence-electron chi connectivity index (χ3n) is 2.02. The first-order valence-corrected chi connectivity index (χ1v) is 5.32. The van der Waals surface area contributed by atoms with Crippen LogP contribution in [0.5, 0.6) is 0 Å². The number of likely N-dealkylation sites (N-methyl/N-ethyl adjacent to an activating group) is 1. The van der Waals surface area contributed by atoms with Crippen LogP contribution >= 0.6 is 0 Å². The number of nitrogens with one attached hydrogen (secondary N) is 2. The summed E-state index contributed by atoms with van der Waals surface area (Å²) in [5, 5.41) is 5.09. The van der Waals surface area contributed by atoms with Crippen molar-refractivity contribution in [1.29, 1.82) is 0 Å². The van der Waals surface area contributed by atoms with Crippen molar-refractivity contribution in [2.45, 2.75) is 13.8 Å². The largest absolute Gasteiger partial charge is 0.384 e. The summed E-state index contributed by atoms with van der Waals surface area (Å²) in [5.74, 6) is -0.277. The molecule has 0 saturated carbocycles. The lowest BCUT2D eigenvalue weighted by Gasteiger charge is -2.06. The van der Waals surface area contributed by atoms with Gasteiger partial charge in [-0.05, 0) is 26.0 Å². The van der Waals surface area contributed by atoms with E-state index in [1.54, 1.807) is 13.0 Å². The summed E-state index contributed by atoms with van der Waals surface area (Å²) in [6, 6.07) is 3.09. The number of hydrogen-bond donors (Lipinski definition) is 3. The number of nitrogen functional groups attached to an aromatic ring is 1. The Morgan fingerprint density at radius 2 is 2.06 bits per heavy atom. The van der Waals surface area contributed by atoms with E-state index in [1.165, 1.54) is 6.07 Å². The van der Waals surface area contributed by atoms with Crippen LogP contribution in [0.1, 0.15) is 23.0 Å². The van der Waals surface area contributed by atoms with Gasteiger partial charge in [-0.15, -0.1) is 0 Å². The first-order chi connectivity index (χ1) is 8.02. The van der Waals surface area contributed by atoms with Crippen LogP contribution in [0, 0.1) is 6.92 Å². The van der Waals surface area contributed by atoms with E-state index in [2.05, 4.69) is 15.6 Å². The van der Waals surface area contributed by atoms with Gasteiger partial charge in [0.2, 0.25) is 5.91 Å². The second-order valence-corrected chi connectivity index (χ2v) is 3.56. The number of amides is 2. The maximum absolute atomic E-state index is 11.7. The molecule has 4 N–H and O–H groups in total. The molecule has 92 valence electrons. The number of anilines is 1. The van der Waals surface area contributed by atoms with Gasteiger partial charge in [-0.2, -0.15) is 0 Å². The van der Waals surface area contributed by atoms with Crippen molar-refractivity contribution in [3.63, 3.8) is 0 Å². The Morgan fingerprint density at radius 1 is 1.35 bits per heavy atom. The topological polar surface area (TPSA) is 97.1 Å². The SMILES string of the molecule is CCNC(=O)CNC(=O)c1cc(C)nc(N)c1. The van der Waals surface area contributed by atoms with Gasteiger partial charge < -0.3 is 16.4 Å². The van der Waals surface area contributed by atoms with Gasteiger partial charge in [-0.1, -0.05) is 0 Å². The molecule has 1 aromatic rings. The Labute approximate surface area is 99.6 Å². The van der Waals surface area contributed by atoms with E-state index in [1.807, 2.05) is 6.92 Å². The highest BCUT2D eigenvalue weighted by Gasteiger charge is 2.08. The number of aryl methyl sites for hydroxylation is 1. The van der Waals surface area contributed by atoms with Gasteiger partial charge in [0.15, 0.2) is 0 Å². The molecule has 1 aromatic heterocycles. The van der Waals surface area contributed by atoms with Crippen LogP contribution in [-0.4, -0.2) is 29.9 Å². The number of carbonyl (C=O) groups is 2. The van der Waals surface area contributed by atoms with E-state index in [9.17, 15) is 9.59 Å². The van der Waals surface area contributed by atoms with Gasteiger partial charge in [0.05, 0.1) is 6.54 Å². The molecular weight excluding hydrogens is 220 g/mol. The number of nitrogens with zero attached hydrogens (tertiary/aromatic N) is 1. The fourth-order valence-electron chi connectivity index (χ4n) is 1.35. The van der Waals surface area contributed by atoms with Crippen LogP contribution in [0.4, 0.5) is 5.82 Å². The molecule has 6 heteroatoms. The highest BCUT2D eigenvalue weighted by molar-refractivity contribution is 5.97. The number of hydrogen-bond acceptors (Lipinski definition) is 4. The highest BCUT2D eigenvalue weighted by atomic mass is 16.2. The number of carbonyl (C=O) groups excluding carboxylic acids is 2. The molecule has 0 aliphatic heterocycles. The Kier molecular flexibility index (Phi) is 4.45. The first-order valence-electron chi connectivity index (χ1n) is 5.32. The van der Waals surface area contributed by atoms with E-state index in [4.69, 9.17) is 5.73 Å². The molecule has 2 amide bonds. The predicted molar refractivity (Wildman–Crippen MR) is 64.4 cm³/mol. The maximum Gasteiger partial charge on any atom is 0.251 e. The Balaban J connectivity index is 2.61. The minimum atomic E-state index is -0.339. The van der Waals surface area contributed by atoms with E-state index in [0.29, 0.717) is 17.8 Å². The number of pyridine rings is 1. The maximum atomic E-state index is 11.7. The van der Waals surface area contributed by atoms with E-state index >= 15 is 0 Å². The van der Waals surface area contributed by atoms with Crippen molar-refractivity contribution in [3.8, 4) is 0 Å². The molecule has 1 heterocycles. The predicted octanol–water partition coefficient (Wildman–Crippen LogP) is -0.162.